The van der Waals surface area contributed by atoms with Crippen molar-refractivity contribution in [3.05, 3.63) is 11.1 Å². The van der Waals surface area contributed by atoms with Gasteiger partial charge in [0.1, 0.15) is 6.10 Å². The fourth-order valence-corrected chi connectivity index (χ4v) is 14.5. The summed E-state index contributed by atoms with van der Waals surface area (Å²) >= 11 is 0. The molecule has 9 nitrogen and oxygen atoms in total. The zero-order valence-corrected chi connectivity index (χ0v) is 36.3. The minimum Gasteiger partial charge on any atom is -0.481 e. The van der Waals surface area contributed by atoms with Crippen molar-refractivity contribution >= 4 is 23.6 Å². The number of nitrogens with zero attached hydrogens (tertiary/aromatic N) is 2. The predicted octanol–water partition coefficient (Wildman–Crippen LogP) is 8.08. The molecule has 7 aliphatic rings. The number of amides is 1. The number of carboxylic acid groups (broad SMARTS) is 1. The number of fused-ring (bicyclic) bond motifs is 7. The van der Waals surface area contributed by atoms with Crippen molar-refractivity contribution in [2.75, 3.05) is 32.7 Å². The molecule has 6 fully saturated rings. The molecule has 0 aromatic carbocycles. The highest BCUT2D eigenvalue weighted by atomic mass is 16.5. The third-order valence-corrected chi connectivity index (χ3v) is 18.0. The molecule has 9 heteroatoms. The van der Waals surface area contributed by atoms with Crippen LogP contribution in [0.2, 0.25) is 0 Å². The number of ketones is 1. The molecule has 1 heterocycles. The molecule has 0 aromatic rings. The summed E-state index contributed by atoms with van der Waals surface area (Å²) < 4.78 is 6.19. The second-order valence-corrected chi connectivity index (χ2v) is 22.3. The van der Waals surface area contributed by atoms with Crippen LogP contribution < -0.4 is 0 Å². The van der Waals surface area contributed by atoms with E-state index < -0.39 is 28.9 Å². The van der Waals surface area contributed by atoms with Gasteiger partial charge >= 0.3 is 11.9 Å². The minimum absolute atomic E-state index is 0.0209. The van der Waals surface area contributed by atoms with E-state index in [2.05, 4.69) is 53.4 Å². The predicted molar refractivity (Wildman–Crippen MR) is 216 cm³/mol. The summed E-state index contributed by atoms with van der Waals surface area (Å²) in [5.41, 5.74) is 0.453. The Morgan fingerprint density at radius 2 is 1.64 bits per heavy atom. The number of rotatable bonds is 13. The molecule has 1 saturated heterocycles. The summed E-state index contributed by atoms with van der Waals surface area (Å²) in [5.74, 6) is 0.958. The summed E-state index contributed by atoms with van der Waals surface area (Å²) in [6.07, 6.45) is 11.3. The van der Waals surface area contributed by atoms with Crippen molar-refractivity contribution in [3.8, 4) is 0 Å². The van der Waals surface area contributed by atoms with Crippen LogP contribution in [0.4, 0.5) is 0 Å². The number of aliphatic carboxylic acids is 1. The van der Waals surface area contributed by atoms with Gasteiger partial charge in [-0.2, -0.15) is 0 Å². The van der Waals surface area contributed by atoms with E-state index in [4.69, 9.17) is 4.74 Å². The fourth-order valence-electron chi connectivity index (χ4n) is 14.5. The van der Waals surface area contributed by atoms with E-state index in [-0.39, 0.29) is 57.7 Å². The van der Waals surface area contributed by atoms with Gasteiger partial charge in [-0.25, -0.2) is 0 Å². The number of ether oxygens (including phenoxy) is 1. The quantitative estimate of drug-likeness (QED) is 0.180. The first-order valence-corrected chi connectivity index (χ1v) is 22.5. The Labute approximate surface area is 337 Å². The Morgan fingerprint density at radius 1 is 0.929 bits per heavy atom. The average Bonchev–Trinajstić information content (AvgIpc) is 3.73. The zero-order valence-electron chi connectivity index (χ0n) is 36.3. The molecule has 5 saturated carbocycles. The van der Waals surface area contributed by atoms with Gasteiger partial charge in [0.2, 0.25) is 5.91 Å². The Kier molecular flexibility index (Phi) is 10.8. The largest absolute Gasteiger partial charge is 0.481 e. The molecular formula is C47H74N2O7. The number of likely N-dealkylation sites (tertiary alicyclic amines) is 1. The van der Waals surface area contributed by atoms with E-state index in [1.807, 2.05) is 4.90 Å². The lowest BCUT2D eigenvalue weighted by Crippen LogP contribution is -2.66. The molecule has 0 aromatic heterocycles. The number of carbonyl (C=O) groups excluding carboxylic acids is 3. The van der Waals surface area contributed by atoms with Gasteiger partial charge in [0.05, 0.1) is 17.9 Å². The van der Waals surface area contributed by atoms with Crippen molar-refractivity contribution in [1.82, 2.24) is 9.80 Å². The Bertz CT molecular complexity index is 1630. The third-order valence-electron chi connectivity index (χ3n) is 18.0. The molecule has 6 aliphatic carbocycles. The Hall–Kier alpha value is -2.26. The highest BCUT2D eigenvalue weighted by molar-refractivity contribution is 6.00. The molecule has 0 radical (unpaired) electrons. The van der Waals surface area contributed by atoms with E-state index in [1.165, 1.54) is 18.4 Å². The Balaban J connectivity index is 1.14. The highest BCUT2D eigenvalue weighted by Gasteiger charge is 2.71. The van der Waals surface area contributed by atoms with Gasteiger partial charge in [-0.05, 0) is 136 Å². The average molecular weight is 779 g/mol. The van der Waals surface area contributed by atoms with E-state index in [0.717, 1.165) is 83.0 Å². The molecule has 314 valence electrons. The van der Waals surface area contributed by atoms with Crippen molar-refractivity contribution < 1.29 is 34.1 Å². The van der Waals surface area contributed by atoms with Gasteiger partial charge in [0.25, 0.3) is 0 Å². The SMILES string of the molecule is CC(C)C1=C2[C@H]3CC[C@@H]4[C@@]5(C)CC[C@H](OC(=O)CC(C)(C)C(=O)O)C(C)(C)C5CC[C@@]4(C)[C@]3(C)CC[C@@]2([C@@H](O)CN(CCN2CCCC2=O)CC2CC2)CC1=O. The highest BCUT2D eigenvalue weighted by Crippen LogP contribution is 2.77. The first-order chi connectivity index (χ1) is 26.1. The van der Waals surface area contributed by atoms with E-state index >= 15 is 0 Å². The Morgan fingerprint density at radius 3 is 2.27 bits per heavy atom. The van der Waals surface area contributed by atoms with Crippen molar-refractivity contribution in [2.45, 2.75) is 164 Å². The van der Waals surface area contributed by atoms with Crippen LogP contribution in [-0.2, 0) is 23.9 Å². The van der Waals surface area contributed by atoms with Crippen LogP contribution >= 0.6 is 0 Å². The number of esters is 1. The number of aliphatic hydroxyl groups is 1. The van der Waals surface area contributed by atoms with Crippen LogP contribution in [0.25, 0.3) is 0 Å². The van der Waals surface area contributed by atoms with Crippen LogP contribution in [-0.4, -0.2) is 88.6 Å². The van der Waals surface area contributed by atoms with Gasteiger partial charge in [0.15, 0.2) is 5.78 Å². The van der Waals surface area contributed by atoms with Gasteiger partial charge in [-0.15, -0.1) is 0 Å². The van der Waals surface area contributed by atoms with E-state index in [1.54, 1.807) is 13.8 Å². The molecule has 56 heavy (non-hydrogen) atoms. The van der Waals surface area contributed by atoms with Gasteiger partial charge in [-0.1, -0.05) is 54.0 Å². The van der Waals surface area contributed by atoms with Gasteiger partial charge in [0, 0.05) is 56.4 Å². The van der Waals surface area contributed by atoms with Crippen LogP contribution in [0, 0.1) is 62.1 Å². The second kappa shape index (κ2) is 14.5. The van der Waals surface area contributed by atoms with E-state index in [9.17, 15) is 29.4 Å². The summed E-state index contributed by atoms with van der Waals surface area (Å²) in [6, 6.07) is 0. The van der Waals surface area contributed by atoms with Gasteiger partial charge < -0.3 is 19.8 Å². The zero-order chi connectivity index (χ0) is 40.8. The normalized spacial score (nSPS) is 38.7. The first-order valence-electron chi connectivity index (χ1n) is 22.5. The van der Waals surface area contributed by atoms with Crippen LogP contribution in [0.1, 0.15) is 152 Å². The fraction of sp³-hybridized carbons (Fsp3) is 0.872. The smallest absolute Gasteiger partial charge is 0.309 e. The summed E-state index contributed by atoms with van der Waals surface area (Å²) in [4.78, 5) is 56.1. The minimum atomic E-state index is -1.17. The van der Waals surface area contributed by atoms with Crippen LogP contribution in [0.3, 0.4) is 0 Å². The molecule has 2 N–H and O–H groups in total. The molecule has 1 unspecified atom stereocenters. The molecular weight excluding hydrogens is 705 g/mol. The topological polar surface area (TPSA) is 124 Å². The molecule has 9 atom stereocenters. The number of aliphatic hydroxyl groups excluding tert-OH is 1. The van der Waals surface area contributed by atoms with Crippen LogP contribution in [0.15, 0.2) is 11.1 Å². The third kappa shape index (κ3) is 6.72. The standard InChI is InChI=1S/C47H74N2O7/c1-29(2)39-32(50)25-47(35(51)28-48(27-30-12-13-30)23-24-49-22-10-11-37(49)52)21-20-45(8)31(40(39)47)14-15-34-44(7)18-17-36(56-38(53)26-42(3,4)41(54)55)43(5,6)33(44)16-19-46(34,45)9/h29-31,33-36,51H,10-28H2,1-9H3,(H,54,55)/t31-,33?,34-,35+,36+,44+,45-,46-,47+/m1/s1. The summed E-state index contributed by atoms with van der Waals surface area (Å²) in [6.45, 7) is 23.6. The first kappa shape index (κ1) is 41.9. The number of carboxylic acids is 1. The van der Waals surface area contributed by atoms with Crippen molar-refractivity contribution in [3.63, 3.8) is 0 Å². The lowest BCUT2D eigenvalue weighted by molar-refractivity contribution is -0.235. The maximum Gasteiger partial charge on any atom is 0.309 e. The number of Topliss-reactive ketones (excluding diaryl/α,β-unsaturated/α-hetero) is 1. The molecule has 1 aliphatic heterocycles. The maximum absolute atomic E-state index is 14.3. The summed E-state index contributed by atoms with van der Waals surface area (Å²) in [5, 5.41) is 22.3. The van der Waals surface area contributed by atoms with Crippen molar-refractivity contribution in [1.29, 1.82) is 0 Å². The van der Waals surface area contributed by atoms with Crippen molar-refractivity contribution in [2.24, 2.45) is 62.1 Å². The molecule has 1 amide bonds. The number of carbonyl (C=O) groups is 4. The second-order valence-electron chi connectivity index (χ2n) is 22.3. The number of allylic oxidation sites excluding steroid dienone is 1. The summed E-state index contributed by atoms with van der Waals surface area (Å²) in [7, 11) is 0. The number of hydrogen-bond acceptors (Lipinski definition) is 7. The molecule has 7 rings (SSSR count). The lowest BCUT2D eigenvalue weighted by Gasteiger charge is -2.72. The monoisotopic (exact) mass is 779 g/mol. The maximum atomic E-state index is 14.3. The number of hydrogen-bond donors (Lipinski definition) is 2. The van der Waals surface area contributed by atoms with E-state index in [0.29, 0.717) is 43.7 Å². The molecule has 0 bridgehead atoms. The van der Waals surface area contributed by atoms with Gasteiger partial charge in [-0.3, -0.25) is 24.1 Å². The molecule has 0 spiro atoms. The lowest BCUT2D eigenvalue weighted by atomic mass is 9.33. The van der Waals surface area contributed by atoms with Crippen LogP contribution in [0.5, 0.6) is 0 Å².